The Kier molecular flexibility index (Phi) is 5.86. The van der Waals surface area contributed by atoms with Crippen LogP contribution >= 0.6 is 0 Å². The van der Waals surface area contributed by atoms with Gasteiger partial charge in [0, 0.05) is 41.8 Å². The van der Waals surface area contributed by atoms with E-state index in [1.54, 1.807) is 6.26 Å². The van der Waals surface area contributed by atoms with Crippen molar-refractivity contribution in [3.8, 4) is 0 Å². The lowest BCUT2D eigenvalue weighted by molar-refractivity contribution is -0.121. The maximum absolute atomic E-state index is 11.4. The lowest BCUT2D eigenvalue weighted by Gasteiger charge is -2.09. The smallest absolute Gasteiger partial charge is 0.221 e. The van der Waals surface area contributed by atoms with Crippen LogP contribution in [0.4, 0.5) is 0 Å². The Bertz CT molecular complexity index is 227. The lowest BCUT2D eigenvalue weighted by atomic mass is 10.1. The second-order valence-electron chi connectivity index (χ2n) is 3.98. The summed E-state index contributed by atoms with van der Waals surface area (Å²) >= 11 is 0. The van der Waals surface area contributed by atoms with E-state index in [9.17, 15) is 9.00 Å². The van der Waals surface area contributed by atoms with Crippen LogP contribution in [-0.2, 0) is 15.6 Å². The van der Waals surface area contributed by atoms with Crippen molar-refractivity contribution >= 4 is 16.7 Å². The van der Waals surface area contributed by atoms with Gasteiger partial charge in [0.1, 0.15) is 0 Å². The first-order valence-electron chi connectivity index (χ1n) is 5.48. The maximum atomic E-state index is 11.4. The van der Waals surface area contributed by atoms with Gasteiger partial charge in [0.25, 0.3) is 0 Å². The van der Waals surface area contributed by atoms with Gasteiger partial charge in [-0.25, -0.2) is 0 Å². The van der Waals surface area contributed by atoms with Crippen molar-refractivity contribution in [2.75, 3.05) is 25.1 Å². The molecule has 1 rings (SSSR count). The molecule has 15 heavy (non-hydrogen) atoms. The zero-order valence-electron chi connectivity index (χ0n) is 9.25. The molecule has 2 N–H and O–H groups in total. The van der Waals surface area contributed by atoms with Gasteiger partial charge in [-0.15, -0.1) is 0 Å². The summed E-state index contributed by atoms with van der Waals surface area (Å²) in [6, 6.07) is 0.366. The average Bonchev–Trinajstić information content (AvgIpc) is 2.64. The topological polar surface area (TPSA) is 58.2 Å². The van der Waals surface area contributed by atoms with Gasteiger partial charge in [0.15, 0.2) is 0 Å². The van der Waals surface area contributed by atoms with Crippen LogP contribution in [0.15, 0.2) is 0 Å². The number of amides is 1. The molecule has 2 unspecified atom stereocenters. The predicted molar refractivity (Wildman–Crippen MR) is 62.2 cm³/mol. The van der Waals surface area contributed by atoms with E-state index in [-0.39, 0.29) is 5.91 Å². The van der Waals surface area contributed by atoms with Gasteiger partial charge in [0.05, 0.1) is 0 Å². The predicted octanol–water partition coefficient (Wildman–Crippen LogP) is 0.0133. The molecule has 0 saturated carbocycles. The first-order valence-corrected chi connectivity index (χ1v) is 7.21. The number of carbonyl (C=O) groups is 1. The van der Waals surface area contributed by atoms with Crippen molar-refractivity contribution in [1.29, 1.82) is 0 Å². The van der Waals surface area contributed by atoms with Gasteiger partial charge in [0.2, 0.25) is 5.91 Å². The van der Waals surface area contributed by atoms with Crippen LogP contribution in [0.3, 0.4) is 0 Å². The summed E-state index contributed by atoms with van der Waals surface area (Å²) < 4.78 is 10.8. The van der Waals surface area contributed by atoms with Crippen molar-refractivity contribution in [3.63, 3.8) is 0 Å². The fourth-order valence-corrected chi connectivity index (χ4v) is 2.28. The van der Waals surface area contributed by atoms with E-state index in [1.165, 1.54) is 6.42 Å². The number of rotatable bonds is 6. The van der Waals surface area contributed by atoms with Gasteiger partial charge < -0.3 is 10.6 Å². The Labute approximate surface area is 93.7 Å². The van der Waals surface area contributed by atoms with Crippen LogP contribution in [0.1, 0.15) is 25.7 Å². The monoisotopic (exact) mass is 232 g/mol. The summed E-state index contributed by atoms with van der Waals surface area (Å²) in [5.74, 6) is 0.776. The molecule has 1 fully saturated rings. The Morgan fingerprint density at radius 3 is 3.00 bits per heavy atom. The van der Waals surface area contributed by atoms with Crippen molar-refractivity contribution in [3.05, 3.63) is 0 Å². The molecule has 4 nitrogen and oxygen atoms in total. The standard InChI is InChI=1S/C10H20N2O2S/c1-15(14)7-3-6-12-10(13)8-9-4-2-5-11-9/h9,11H,2-8H2,1H3,(H,12,13). The van der Waals surface area contributed by atoms with E-state index >= 15 is 0 Å². The first-order chi connectivity index (χ1) is 7.18. The molecule has 1 saturated heterocycles. The molecule has 1 amide bonds. The molecule has 0 radical (unpaired) electrons. The lowest BCUT2D eigenvalue weighted by Crippen LogP contribution is -2.32. The van der Waals surface area contributed by atoms with Crippen molar-refractivity contribution < 1.29 is 9.00 Å². The molecule has 0 spiro atoms. The molecule has 0 aliphatic carbocycles. The van der Waals surface area contributed by atoms with Gasteiger partial charge in [-0.2, -0.15) is 0 Å². The van der Waals surface area contributed by atoms with Crippen LogP contribution in [0.5, 0.6) is 0 Å². The summed E-state index contributed by atoms with van der Waals surface area (Å²) in [6.45, 7) is 1.68. The number of carbonyl (C=O) groups excluding carboxylic acids is 1. The van der Waals surface area contributed by atoms with E-state index in [2.05, 4.69) is 10.6 Å². The van der Waals surface area contributed by atoms with Gasteiger partial charge in [-0.3, -0.25) is 9.00 Å². The highest BCUT2D eigenvalue weighted by Gasteiger charge is 2.16. The van der Waals surface area contributed by atoms with Crippen LogP contribution in [-0.4, -0.2) is 41.3 Å². The molecule has 0 aromatic heterocycles. The molecule has 2 atom stereocenters. The Morgan fingerprint density at radius 1 is 1.60 bits per heavy atom. The summed E-state index contributed by atoms with van der Waals surface area (Å²) in [4.78, 5) is 11.4. The molecular formula is C10H20N2O2S. The summed E-state index contributed by atoms with van der Waals surface area (Å²) in [7, 11) is -0.748. The van der Waals surface area contributed by atoms with E-state index in [1.807, 2.05) is 0 Å². The summed E-state index contributed by atoms with van der Waals surface area (Å²) in [5, 5.41) is 6.14. The van der Waals surface area contributed by atoms with E-state index in [0.717, 1.165) is 19.4 Å². The summed E-state index contributed by atoms with van der Waals surface area (Å²) in [6.07, 6.45) is 5.34. The van der Waals surface area contributed by atoms with Gasteiger partial charge in [-0.1, -0.05) is 0 Å². The van der Waals surface area contributed by atoms with Gasteiger partial charge >= 0.3 is 0 Å². The second-order valence-corrected chi connectivity index (χ2v) is 5.53. The van der Waals surface area contributed by atoms with Crippen LogP contribution < -0.4 is 10.6 Å². The molecule has 1 aliphatic rings. The highest BCUT2D eigenvalue weighted by Crippen LogP contribution is 2.07. The van der Waals surface area contributed by atoms with Crippen LogP contribution in [0.2, 0.25) is 0 Å². The van der Waals surface area contributed by atoms with Gasteiger partial charge in [-0.05, 0) is 25.8 Å². The van der Waals surface area contributed by atoms with Crippen molar-refractivity contribution in [1.82, 2.24) is 10.6 Å². The third-order valence-electron chi connectivity index (χ3n) is 2.52. The number of hydrogen-bond acceptors (Lipinski definition) is 3. The third-order valence-corrected chi connectivity index (χ3v) is 3.39. The fraction of sp³-hybridized carbons (Fsp3) is 0.900. The van der Waals surface area contributed by atoms with E-state index in [0.29, 0.717) is 24.8 Å². The quantitative estimate of drug-likeness (QED) is 0.634. The summed E-state index contributed by atoms with van der Waals surface area (Å²) in [5.41, 5.74) is 0. The van der Waals surface area contributed by atoms with E-state index < -0.39 is 10.8 Å². The minimum absolute atomic E-state index is 0.108. The highest BCUT2D eigenvalue weighted by molar-refractivity contribution is 7.84. The molecule has 0 aromatic rings. The molecule has 1 heterocycles. The number of nitrogens with one attached hydrogen (secondary N) is 2. The second kappa shape index (κ2) is 6.95. The van der Waals surface area contributed by atoms with Crippen molar-refractivity contribution in [2.24, 2.45) is 0 Å². The normalized spacial score (nSPS) is 22.6. The Morgan fingerprint density at radius 2 is 2.40 bits per heavy atom. The maximum Gasteiger partial charge on any atom is 0.221 e. The minimum atomic E-state index is -0.748. The zero-order chi connectivity index (χ0) is 11.1. The Hall–Kier alpha value is -0.420. The SMILES string of the molecule is CS(=O)CCCNC(=O)CC1CCCN1. The molecule has 0 aromatic carbocycles. The molecule has 0 bridgehead atoms. The Balaban J connectivity index is 2.00. The molecule has 5 heteroatoms. The number of hydrogen-bond donors (Lipinski definition) is 2. The fourth-order valence-electron chi connectivity index (χ4n) is 1.73. The molecule has 88 valence electrons. The van der Waals surface area contributed by atoms with E-state index in [4.69, 9.17) is 0 Å². The average molecular weight is 232 g/mol. The van der Waals surface area contributed by atoms with Crippen LogP contribution in [0, 0.1) is 0 Å². The van der Waals surface area contributed by atoms with Crippen LogP contribution in [0.25, 0.3) is 0 Å². The highest BCUT2D eigenvalue weighted by atomic mass is 32.2. The largest absolute Gasteiger partial charge is 0.356 e. The first kappa shape index (κ1) is 12.6. The zero-order valence-corrected chi connectivity index (χ0v) is 10.1. The van der Waals surface area contributed by atoms with Crippen molar-refractivity contribution in [2.45, 2.75) is 31.7 Å². The minimum Gasteiger partial charge on any atom is -0.356 e. The molecule has 1 aliphatic heterocycles. The third kappa shape index (κ3) is 5.89. The molecular weight excluding hydrogens is 212 g/mol.